The summed E-state index contributed by atoms with van der Waals surface area (Å²) in [4.78, 5) is 35.7. The molecule has 5 rings (SSSR count). The number of likely N-dealkylation sites (tertiary alicyclic amines) is 1. The molecule has 3 aromatic heterocycles. The number of nitriles is 1. The number of thioether (sulfide) groups is 1. The van der Waals surface area contributed by atoms with Gasteiger partial charge in [0.15, 0.2) is 5.65 Å². The Labute approximate surface area is 262 Å². The summed E-state index contributed by atoms with van der Waals surface area (Å²) < 4.78 is 34.4. The van der Waals surface area contributed by atoms with Gasteiger partial charge < -0.3 is 19.9 Å². The number of piperidine rings is 1. The summed E-state index contributed by atoms with van der Waals surface area (Å²) >= 11 is 1.40. The highest BCUT2D eigenvalue weighted by molar-refractivity contribution is 7.98. The van der Waals surface area contributed by atoms with Gasteiger partial charge in [-0.3, -0.25) is 14.3 Å². The molecular formula is C30H33F2N9O3S. The van der Waals surface area contributed by atoms with Gasteiger partial charge in [0, 0.05) is 54.7 Å². The fourth-order valence-corrected chi connectivity index (χ4v) is 5.85. The van der Waals surface area contributed by atoms with Crippen LogP contribution in [0.5, 0.6) is 5.75 Å². The number of anilines is 1. The molecule has 1 unspecified atom stereocenters. The average Bonchev–Trinajstić information content (AvgIpc) is 3.65. The Kier molecular flexibility index (Phi) is 9.94. The molecule has 2 amide bonds. The maximum absolute atomic E-state index is 13.4. The van der Waals surface area contributed by atoms with Crippen LogP contribution in [0.4, 0.5) is 14.5 Å². The summed E-state index contributed by atoms with van der Waals surface area (Å²) in [5, 5.41) is 20.7. The number of alkyl halides is 2. The number of carbonyl (C=O) groups is 2. The van der Waals surface area contributed by atoms with Crippen LogP contribution >= 0.6 is 11.8 Å². The predicted octanol–water partition coefficient (Wildman–Crippen LogP) is 4.25. The van der Waals surface area contributed by atoms with Crippen molar-refractivity contribution < 1.29 is 23.1 Å². The van der Waals surface area contributed by atoms with Crippen LogP contribution in [-0.4, -0.2) is 91.6 Å². The fraction of sp³-hybridized carbons (Fsp3) is 0.400. The summed E-state index contributed by atoms with van der Waals surface area (Å²) in [6.45, 7) is 0.451. The first-order valence-corrected chi connectivity index (χ1v) is 15.6. The van der Waals surface area contributed by atoms with Crippen molar-refractivity contribution in [3.05, 3.63) is 54.6 Å². The van der Waals surface area contributed by atoms with E-state index in [0.29, 0.717) is 25.3 Å². The van der Waals surface area contributed by atoms with Gasteiger partial charge in [-0.05, 0) is 57.3 Å². The van der Waals surface area contributed by atoms with Crippen LogP contribution in [0.15, 0.2) is 53.9 Å². The largest absolute Gasteiger partial charge is 0.434 e. The molecule has 0 spiro atoms. The smallest absolute Gasteiger partial charge is 0.387 e. The van der Waals surface area contributed by atoms with E-state index in [0.717, 1.165) is 17.7 Å². The van der Waals surface area contributed by atoms with E-state index in [9.17, 15) is 18.4 Å². The first-order valence-electron chi connectivity index (χ1n) is 14.3. The van der Waals surface area contributed by atoms with Gasteiger partial charge in [0.2, 0.25) is 5.91 Å². The molecule has 0 bridgehead atoms. The normalized spacial score (nSPS) is 14.6. The van der Waals surface area contributed by atoms with Crippen LogP contribution in [0.2, 0.25) is 0 Å². The average molecular weight is 638 g/mol. The Hall–Kier alpha value is -4.55. The van der Waals surface area contributed by atoms with Crippen molar-refractivity contribution in [2.45, 2.75) is 43.9 Å². The highest BCUT2D eigenvalue weighted by atomic mass is 32.2. The van der Waals surface area contributed by atoms with Crippen molar-refractivity contribution >= 4 is 34.9 Å². The number of halogens is 2. The summed E-state index contributed by atoms with van der Waals surface area (Å²) in [6, 6.07) is 8.94. The topological polar surface area (TPSA) is 134 Å². The number of nitrogens with one attached hydrogen (secondary N) is 1. The zero-order valence-electron chi connectivity index (χ0n) is 25.1. The Bertz CT molecular complexity index is 1710. The van der Waals surface area contributed by atoms with Crippen LogP contribution in [0.25, 0.3) is 16.9 Å². The van der Waals surface area contributed by atoms with Crippen LogP contribution in [0.1, 0.15) is 30.1 Å². The van der Waals surface area contributed by atoms with Gasteiger partial charge in [-0.2, -0.15) is 24.2 Å². The molecule has 1 fully saturated rings. The van der Waals surface area contributed by atoms with E-state index in [1.807, 2.05) is 20.2 Å². The predicted molar refractivity (Wildman–Crippen MR) is 164 cm³/mol. The number of carbonyl (C=O) groups excluding carboxylic acids is 2. The maximum Gasteiger partial charge on any atom is 0.387 e. The molecule has 1 aliphatic rings. The molecule has 1 atom stereocenters. The first-order chi connectivity index (χ1) is 21.7. The quantitative estimate of drug-likeness (QED) is 0.240. The van der Waals surface area contributed by atoms with Crippen molar-refractivity contribution in [1.29, 1.82) is 5.26 Å². The van der Waals surface area contributed by atoms with Crippen LogP contribution in [-0.2, 0) is 11.3 Å². The third-order valence-electron chi connectivity index (χ3n) is 7.71. The lowest BCUT2D eigenvalue weighted by Gasteiger charge is -2.37. The molecule has 0 radical (unpaired) electrons. The van der Waals surface area contributed by atoms with Gasteiger partial charge >= 0.3 is 6.61 Å². The second kappa shape index (κ2) is 14.0. The van der Waals surface area contributed by atoms with Gasteiger partial charge in [-0.15, -0.1) is 11.8 Å². The van der Waals surface area contributed by atoms with Crippen molar-refractivity contribution in [3.8, 4) is 23.1 Å². The number of aromatic nitrogens is 5. The number of ether oxygens (including phenoxy) is 1. The first kappa shape index (κ1) is 31.9. The third kappa shape index (κ3) is 7.40. The van der Waals surface area contributed by atoms with Crippen LogP contribution in [0, 0.1) is 17.2 Å². The third-order valence-corrected chi connectivity index (χ3v) is 8.44. The van der Waals surface area contributed by atoms with E-state index in [2.05, 4.69) is 31.5 Å². The number of benzene rings is 1. The van der Waals surface area contributed by atoms with Gasteiger partial charge in [-0.25, -0.2) is 9.50 Å². The Morgan fingerprint density at radius 1 is 1.29 bits per heavy atom. The standard InChI is InChI=1S/C30H33F2N9O3S/c1-19(14-33)16-38(2)20-7-11-39(12-8-20)26(42)18-40-17-24(36-29(43)23-15-35-41-10-4-9-34-28(23)41)27(37-40)22-13-21(45-3)5-6-25(22)44-30(31)32/h4-6,9-10,13,15,17,19-20,30H,7-8,11-12,16,18H2,1-3H3,(H,36,43). The molecule has 1 aromatic carbocycles. The number of fused-ring (bicyclic) bond motifs is 1. The molecule has 4 aromatic rings. The molecule has 1 N–H and O–H groups in total. The van der Waals surface area contributed by atoms with Crippen molar-refractivity contribution in [3.63, 3.8) is 0 Å². The lowest BCUT2D eigenvalue weighted by atomic mass is 10.0. The van der Waals surface area contributed by atoms with Crippen molar-refractivity contribution in [1.82, 2.24) is 34.2 Å². The molecule has 4 heterocycles. The molecule has 1 saturated heterocycles. The van der Waals surface area contributed by atoms with Gasteiger partial charge in [0.1, 0.15) is 23.6 Å². The minimum absolute atomic E-state index is 0.0781. The fourth-order valence-electron chi connectivity index (χ4n) is 5.41. The molecule has 0 aliphatic carbocycles. The lowest BCUT2D eigenvalue weighted by molar-refractivity contribution is -0.133. The number of amides is 2. The number of nitrogens with zero attached hydrogens (tertiary/aromatic N) is 8. The van der Waals surface area contributed by atoms with E-state index < -0.39 is 12.5 Å². The zero-order valence-corrected chi connectivity index (χ0v) is 25.9. The minimum Gasteiger partial charge on any atom is -0.434 e. The van der Waals surface area contributed by atoms with Crippen molar-refractivity contribution in [2.24, 2.45) is 5.92 Å². The van der Waals surface area contributed by atoms with Crippen LogP contribution in [0.3, 0.4) is 0 Å². The van der Waals surface area contributed by atoms with Gasteiger partial charge in [0.25, 0.3) is 5.91 Å². The van der Waals surface area contributed by atoms with Gasteiger partial charge in [-0.1, -0.05) is 0 Å². The Morgan fingerprint density at radius 2 is 2.07 bits per heavy atom. The highest BCUT2D eigenvalue weighted by Gasteiger charge is 2.27. The van der Waals surface area contributed by atoms with Crippen LogP contribution < -0.4 is 10.1 Å². The molecular weight excluding hydrogens is 604 g/mol. The minimum atomic E-state index is -3.08. The maximum atomic E-state index is 13.4. The molecule has 45 heavy (non-hydrogen) atoms. The second-order valence-corrected chi connectivity index (χ2v) is 11.7. The van der Waals surface area contributed by atoms with E-state index in [4.69, 9.17) is 10.00 Å². The number of rotatable bonds is 11. The van der Waals surface area contributed by atoms with Gasteiger partial charge in [0.05, 0.1) is 23.9 Å². The molecule has 0 saturated carbocycles. The summed E-state index contributed by atoms with van der Waals surface area (Å²) in [5.41, 5.74) is 1.13. The Balaban J connectivity index is 1.41. The van der Waals surface area contributed by atoms with E-state index >= 15 is 0 Å². The monoisotopic (exact) mass is 637 g/mol. The SMILES string of the molecule is CSc1ccc(OC(F)F)c(-c2nn(CC(=O)N3CCC(N(C)CC(C)C#N)CC3)cc2NC(=O)c2cnn3cccnc23)c1. The van der Waals surface area contributed by atoms with E-state index in [-0.39, 0.29) is 52.7 Å². The van der Waals surface area contributed by atoms with E-state index in [1.165, 1.54) is 39.4 Å². The van der Waals surface area contributed by atoms with E-state index in [1.54, 1.807) is 35.5 Å². The summed E-state index contributed by atoms with van der Waals surface area (Å²) in [5.74, 6) is -0.901. The number of hydrogen-bond donors (Lipinski definition) is 1. The molecule has 12 nitrogen and oxygen atoms in total. The second-order valence-electron chi connectivity index (χ2n) is 10.8. The summed E-state index contributed by atoms with van der Waals surface area (Å²) in [7, 11) is 2.00. The summed E-state index contributed by atoms with van der Waals surface area (Å²) in [6.07, 6.45) is 9.47. The zero-order chi connectivity index (χ0) is 32.1. The molecule has 1 aliphatic heterocycles. The lowest BCUT2D eigenvalue weighted by Crippen LogP contribution is -2.47. The highest BCUT2D eigenvalue weighted by Crippen LogP contribution is 2.38. The van der Waals surface area contributed by atoms with Crippen molar-refractivity contribution in [2.75, 3.05) is 38.3 Å². The molecule has 15 heteroatoms. The Morgan fingerprint density at radius 3 is 2.78 bits per heavy atom. The number of hydrogen-bond acceptors (Lipinski definition) is 9. The molecule has 236 valence electrons.